The van der Waals surface area contributed by atoms with Crippen LogP contribution in [0.3, 0.4) is 0 Å². The minimum atomic E-state index is -1.53. The molecule has 12 heteroatoms. The Hall–Kier alpha value is -2.82. The van der Waals surface area contributed by atoms with Crippen LogP contribution in [0.15, 0.2) is 36.4 Å². The first kappa shape index (κ1) is 31.2. The standard InChI is InChI=1S/C32H35Cl2F3N4O3/c1-41(2)28(43)17-3-6-22(7-4-17)38-27(42)26-25(18-9-20(34)11-21(37)10-18)32(31(40-26)13-30(14-31,15-35)16-36)23-8-5-19(33)12-24(23)39-29(32)44/h5,8-12,17,22,25-26,40H,3-4,6-7,13-16H2,1-2H3,(H,38,42)(H,39,44)/t17-,22-,25-,26+,32+/m0/s1. The lowest BCUT2D eigenvalue weighted by Gasteiger charge is -2.59. The maximum atomic E-state index is 14.9. The first-order valence-electron chi connectivity index (χ1n) is 14.9. The van der Waals surface area contributed by atoms with Gasteiger partial charge in [-0.05, 0) is 80.0 Å². The molecule has 3 amide bonds. The molecule has 2 heterocycles. The van der Waals surface area contributed by atoms with Crippen LogP contribution >= 0.6 is 23.2 Å². The summed E-state index contributed by atoms with van der Waals surface area (Å²) >= 11 is 12.6. The highest BCUT2D eigenvalue weighted by Gasteiger charge is 2.77. The van der Waals surface area contributed by atoms with Crippen LogP contribution in [0, 0.1) is 17.2 Å². The van der Waals surface area contributed by atoms with Crippen LogP contribution in [0.2, 0.25) is 10.0 Å². The lowest BCUT2D eigenvalue weighted by molar-refractivity contribution is -0.134. The number of amides is 3. The van der Waals surface area contributed by atoms with Crippen molar-refractivity contribution in [2.75, 3.05) is 32.8 Å². The van der Waals surface area contributed by atoms with Gasteiger partial charge in [-0.25, -0.2) is 4.39 Å². The molecule has 44 heavy (non-hydrogen) atoms. The zero-order chi connectivity index (χ0) is 31.6. The van der Waals surface area contributed by atoms with E-state index in [0.717, 1.165) is 6.07 Å². The van der Waals surface area contributed by atoms with E-state index in [-0.39, 0.29) is 35.7 Å². The van der Waals surface area contributed by atoms with Gasteiger partial charge in [0.1, 0.15) is 11.2 Å². The molecule has 236 valence electrons. The summed E-state index contributed by atoms with van der Waals surface area (Å²) in [5, 5.41) is 9.88. The van der Waals surface area contributed by atoms with Crippen molar-refractivity contribution in [3.63, 3.8) is 0 Å². The fourth-order valence-corrected chi connectivity index (χ4v) is 8.92. The minimum absolute atomic E-state index is 0.0520. The number of anilines is 1. The Labute approximate surface area is 264 Å². The normalized spacial score (nSPS) is 29.7. The maximum Gasteiger partial charge on any atom is 0.238 e. The summed E-state index contributed by atoms with van der Waals surface area (Å²) in [6, 6.07) is 7.57. The number of halogens is 5. The summed E-state index contributed by atoms with van der Waals surface area (Å²) in [6.07, 6.45) is 2.30. The zero-order valence-corrected chi connectivity index (χ0v) is 26.0. The lowest BCUT2D eigenvalue weighted by atomic mass is 9.46. The number of carbonyl (C=O) groups is 3. The van der Waals surface area contributed by atoms with Gasteiger partial charge in [-0.1, -0.05) is 29.3 Å². The summed E-state index contributed by atoms with van der Waals surface area (Å²) in [5.41, 5.74) is -2.81. The Balaban J connectivity index is 1.43. The largest absolute Gasteiger partial charge is 0.352 e. The van der Waals surface area contributed by atoms with Gasteiger partial charge >= 0.3 is 0 Å². The van der Waals surface area contributed by atoms with Gasteiger partial charge in [0.25, 0.3) is 0 Å². The molecule has 3 N–H and O–H groups in total. The highest BCUT2D eigenvalue weighted by atomic mass is 35.5. The number of hydrogen-bond acceptors (Lipinski definition) is 4. The third kappa shape index (κ3) is 4.70. The molecule has 2 aromatic rings. The van der Waals surface area contributed by atoms with Gasteiger partial charge in [0.2, 0.25) is 17.7 Å². The van der Waals surface area contributed by atoms with Gasteiger partial charge in [0, 0.05) is 58.7 Å². The van der Waals surface area contributed by atoms with Crippen LogP contribution in [-0.2, 0) is 19.8 Å². The number of rotatable bonds is 6. The van der Waals surface area contributed by atoms with Gasteiger partial charge in [-0.15, -0.1) is 0 Å². The van der Waals surface area contributed by atoms with Crippen LogP contribution in [0.4, 0.5) is 18.9 Å². The van der Waals surface area contributed by atoms with Crippen molar-refractivity contribution in [1.82, 2.24) is 15.5 Å². The predicted molar refractivity (Wildman–Crippen MR) is 162 cm³/mol. The summed E-state index contributed by atoms with van der Waals surface area (Å²) < 4.78 is 43.6. The topological polar surface area (TPSA) is 90.5 Å². The molecule has 0 bridgehead atoms. The number of fused-ring (bicyclic) bond motifs is 3. The molecule has 2 aliphatic heterocycles. The van der Waals surface area contributed by atoms with E-state index >= 15 is 0 Å². The maximum absolute atomic E-state index is 14.9. The van der Waals surface area contributed by atoms with Crippen molar-refractivity contribution in [2.45, 2.75) is 67.5 Å². The van der Waals surface area contributed by atoms with E-state index in [0.29, 0.717) is 47.5 Å². The Kier molecular flexibility index (Phi) is 7.94. The Bertz CT molecular complexity index is 1480. The van der Waals surface area contributed by atoms with Crippen molar-refractivity contribution in [3.05, 3.63) is 63.4 Å². The van der Waals surface area contributed by atoms with Crippen molar-refractivity contribution in [1.29, 1.82) is 0 Å². The molecule has 6 rings (SSSR count). The van der Waals surface area contributed by atoms with Crippen molar-refractivity contribution in [2.24, 2.45) is 11.3 Å². The number of nitrogens with one attached hydrogen (secondary N) is 3. The van der Waals surface area contributed by atoms with Gasteiger partial charge in [0.15, 0.2) is 0 Å². The average Bonchev–Trinajstić information content (AvgIpc) is 3.43. The molecule has 3 fully saturated rings. The third-order valence-electron chi connectivity index (χ3n) is 10.3. The average molecular weight is 652 g/mol. The van der Waals surface area contributed by atoms with Crippen molar-refractivity contribution >= 4 is 46.6 Å². The second kappa shape index (κ2) is 11.2. The Morgan fingerprint density at radius 3 is 2.30 bits per heavy atom. The van der Waals surface area contributed by atoms with E-state index in [2.05, 4.69) is 16.0 Å². The van der Waals surface area contributed by atoms with Gasteiger partial charge < -0.3 is 15.5 Å². The monoisotopic (exact) mass is 650 g/mol. The zero-order valence-electron chi connectivity index (χ0n) is 24.5. The highest BCUT2D eigenvalue weighted by molar-refractivity contribution is 6.31. The predicted octanol–water partition coefficient (Wildman–Crippen LogP) is 5.30. The van der Waals surface area contributed by atoms with Gasteiger partial charge in [-0.2, -0.15) is 0 Å². The fourth-order valence-electron chi connectivity index (χ4n) is 8.52. The molecule has 0 unspecified atom stereocenters. The number of nitrogens with zero attached hydrogens (tertiary/aromatic N) is 1. The molecular weight excluding hydrogens is 616 g/mol. The second-order valence-corrected chi connectivity index (χ2v) is 14.1. The summed E-state index contributed by atoms with van der Waals surface area (Å²) in [7, 11) is 3.44. The van der Waals surface area contributed by atoms with Crippen LogP contribution in [-0.4, -0.2) is 67.7 Å². The first-order chi connectivity index (χ1) is 20.9. The van der Waals surface area contributed by atoms with Crippen molar-refractivity contribution < 1.29 is 27.6 Å². The van der Waals surface area contributed by atoms with Gasteiger partial charge in [0.05, 0.1) is 19.4 Å². The van der Waals surface area contributed by atoms with E-state index in [9.17, 15) is 27.6 Å². The molecule has 7 nitrogen and oxygen atoms in total. The van der Waals surface area contributed by atoms with Crippen LogP contribution in [0.1, 0.15) is 55.6 Å². The number of carbonyl (C=O) groups excluding carboxylic acids is 3. The van der Waals surface area contributed by atoms with Crippen LogP contribution in [0.5, 0.6) is 0 Å². The highest BCUT2D eigenvalue weighted by Crippen LogP contribution is 2.68. The molecule has 2 saturated carbocycles. The molecule has 2 aromatic carbocycles. The number of hydrogen-bond donors (Lipinski definition) is 3. The Morgan fingerprint density at radius 1 is 1.00 bits per heavy atom. The molecule has 1 saturated heterocycles. The number of alkyl halides is 2. The summed E-state index contributed by atoms with van der Waals surface area (Å²) in [6.45, 7) is -1.86. The van der Waals surface area contributed by atoms with Crippen LogP contribution < -0.4 is 16.0 Å². The van der Waals surface area contributed by atoms with E-state index in [1.807, 2.05) is 0 Å². The number of benzene rings is 2. The van der Waals surface area contributed by atoms with Crippen molar-refractivity contribution in [3.8, 4) is 0 Å². The summed E-state index contributed by atoms with van der Waals surface area (Å²) in [5.74, 6) is -2.57. The SMILES string of the molecule is CN(C)C(=O)[C@H]1CC[C@H](NC(=O)[C@@H]2NC3(CC(CF)(CF)C3)[C@@]3(C(=O)Nc4cc(Cl)ccc43)[C@H]2c2cc(F)cc(Cl)c2)CC1. The molecule has 4 aliphatic rings. The molecule has 0 radical (unpaired) electrons. The molecule has 2 aliphatic carbocycles. The molecule has 0 aromatic heterocycles. The van der Waals surface area contributed by atoms with Crippen LogP contribution in [0.25, 0.3) is 0 Å². The first-order valence-corrected chi connectivity index (χ1v) is 15.6. The minimum Gasteiger partial charge on any atom is -0.352 e. The van der Waals surface area contributed by atoms with Gasteiger partial charge in [-0.3, -0.25) is 28.5 Å². The molecular formula is C32H35Cl2F3N4O3. The summed E-state index contributed by atoms with van der Waals surface area (Å²) in [4.78, 5) is 42.7. The molecule has 2 spiro atoms. The van der Waals surface area contributed by atoms with E-state index in [1.54, 1.807) is 37.2 Å². The smallest absolute Gasteiger partial charge is 0.238 e. The third-order valence-corrected chi connectivity index (χ3v) is 10.8. The lowest BCUT2D eigenvalue weighted by Crippen LogP contribution is -2.70. The Morgan fingerprint density at radius 2 is 1.68 bits per heavy atom. The second-order valence-electron chi connectivity index (χ2n) is 13.2. The van der Waals surface area contributed by atoms with E-state index in [4.69, 9.17) is 23.2 Å². The fraction of sp³-hybridized carbons (Fsp3) is 0.531. The quantitative estimate of drug-likeness (QED) is 0.396. The van der Waals surface area contributed by atoms with E-state index < -0.39 is 59.3 Å². The molecule has 3 atom stereocenters. The van der Waals surface area contributed by atoms with E-state index in [1.165, 1.54) is 12.1 Å².